The molecule has 1 fully saturated rings. The zero-order valence-electron chi connectivity index (χ0n) is 20.7. The minimum absolute atomic E-state index is 0. The number of nitrogens with two attached hydrogens (primary N) is 1. The fourth-order valence-corrected chi connectivity index (χ4v) is 4.80. The van der Waals surface area contributed by atoms with E-state index >= 15 is 0 Å². The summed E-state index contributed by atoms with van der Waals surface area (Å²) in [5.74, 6) is 1.23. The van der Waals surface area contributed by atoms with Crippen LogP contribution in [-0.4, -0.2) is 76.8 Å². The number of amides is 1. The Morgan fingerprint density at radius 1 is 1.19 bits per heavy atom. The first-order chi connectivity index (χ1) is 17.4. The highest BCUT2D eigenvalue weighted by atomic mass is 79.9. The maximum Gasteiger partial charge on any atom is 0.247 e. The Morgan fingerprint density at radius 2 is 1.92 bits per heavy atom. The van der Waals surface area contributed by atoms with Gasteiger partial charge in [0.2, 0.25) is 5.91 Å². The first-order valence-corrected chi connectivity index (χ1v) is 12.7. The van der Waals surface area contributed by atoms with Crippen molar-refractivity contribution in [2.45, 2.75) is 12.5 Å². The Morgan fingerprint density at radius 3 is 2.62 bits per heavy atom. The van der Waals surface area contributed by atoms with E-state index in [9.17, 15) is 4.79 Å². The van der Waals surface area contributed by atoms with Gasteiger partial charge in [0.15, 0.2) is 22.8 Å². The van der Waals surface area contributed by atoms with Crippen molar-refractivity contribution >= 4 is 50.8 Å². The van der Waals surface area contributed by atoms with Gasteiger partial charge in [-0.2, -0.15) is 4.52 Å². The zero-order chi connectivity index (χ0) is 25.3. The molecule has 10 nitrogen and oxygen atoms in total. The molecular weight excluding hydrogens is 560 g/mol. The molecule has 0 bridgehead atoms. The number of fused-ring (bicyclic) bond motifs is 3. The Kier molecular flexibility index (Phi) is 8.29. The van der Waals surface area contributed by atoms with Crippen LogP contribution in [-0.2, 0) is 10.3 Å². The Balaban J connectivity index is 0.00000320. The third kappa shape index (κ3) is 5.41. The topological polar surface area (TPSA) is 123 Å². The number of aromatic nitrogens is 4. The van der Waals surface area contributed by atoms with Crippen LogP contribution in [0.1, 0.15) is 12.7 Å². The van der Waals surface area contributed by atoms with Gasteiger partial charge in [-0.05, 0) is 59.3 Å². The van der Waals surface area contributed by atoms with E-state index < -0.39 is 5.54 Å². The molecule has 0 unspecified atom stereocenters. The average molecular weight is 590 g/mol. The van der Waals surface area contributed by atoms with Crippen LogP contribution in [0.15, 0.2) is 46.9 Å². The molecule has 1 amide bonds. The van der Waals surface area contributed by atoms with Gasteiger partial charge in [0, 0.05) is 54.7 Å². The predicted octanol–water partition coefficient (Wildman–Crippen LogP) is 2.33. The summed E-state index contributed by atoms with van der Waals surface area (Å²) < 4.78 is 7.64. The van der Waals surface area contributed by atoms with Gasteiger partial charge in [0.25, 0.3) is 0 Å². The summed E-state index contributed by atoms with van der Waals surface area (Å²) in [4.78, 5) is 25.3. The molecule has 196 valence electrons. The van der Waals surface area contributed by atoms with Crippen LogP contribution in [0, 0.1) is 0 Å². The van der Waals surface area contributed by atoms with E-state index in [1.165, 1.54) is 0 Å². The lowest BCUT2D eigenvalue weighted by atomic mass is 10.0. The fraction of sp³-hybridized carbons (Fsp3) is 0.360. The lowest BCUT2D eigenvalue weighted by Crippen LogP contribution is -2.53. The van der Waals surface area contributed by atoms with Crippen molar-refractivity contribution in [1.82, 2.24) is 35.1 Å². The highest BCUT2D eigenvalue weighted by molar-refractivity contribution is 9.10. The Labute approximate surface area is 229 Å². The van der Waals surface area contributed by atoms with Crippen molar-refractivity contribution in [1.29, 1.82) is 0 Å². The molecule has 37 heavy (non-hydrogen) atoms. The van der Waals surface area contributed by atoms with Crippen molar-refractivity contribution in [2.75, 3.05) is 46.4 Å². The number of piperazine rings is 1. The summed E-state index contributed by atoms with van der Waals surface area (Å²) in [5, 5.41) is 11.9. The number of methoxy groups -OCH3 is 1. The maximum atomic E-state index is 13.3. The van der Waals surface area contributed by atoms with Crippen molar-refractivity contribution < 1.29 is 9.53 Å². The van der Waals surface area contributed by atoms with E-state index in [0.717, 1.165) is 53.9 Å². The summed E-state index contributed by atoms with van der Waals surface area (Å²) in [5.41, 5.74) is 7.28. The number of benzene rings is 2. The van der Waals surface area contributed by atoms with Crippen molar-refractivity contribution in [3.05, 3.63) is 52.8 Å². The van der Waals surface area contributed by atoms with Crippen LogP contribution < -0.4 is 21.1 Å². The predicted molar refractivity (Wildman–Crippen MR) is 149 cm³/mol. The summed E-state index contributed by atoms with van der Waals surface area (Å²) in [6.07, 6.45) is 0. The van der Waals surface area contributed by atoms with Gasteiger partial charge in [-0.1, -0.05) is 6.07 Å². The number of hydrogen-bond donors (Lipinski definition) is 3. The number of nitrogens with one attached hydrogen (secondary N) is 2. The Hall–Kier alpha value is -2.83. The van der Waals surface area contributed by atoms with E-state index in [1.54, 1.807) is 18.5 Å². The molecule has 3 heterocycles. The smallest absolute Gasteiger partial charge is 0.247 e. The largest absolute Gasteiger partial charge is 0.497 e. The molecule has 12 heteroatoms. The number of carbonyl (C=O) groups is 1. The number of rotatable bonds is 7. The number of nitrogens with zero attached hydrogens (tertiary/aromatic N) is 5. The van der Waals surface area contributed by atoms with Crippen LogP contribution in [0.3, 0.4) is 0 Å². The molecule has 1 saturated heterocycles. The van der Waals surface area contributed by atoms with Crippen molar-refractivity contribution in [3.63, 3.8) is 0 Å². The minimum Gasteiger partial charge on any atom is -0.497 e. The van der Waals surface area contributed by atoms with Crippen LogP contribution in [0.5, 0.6) is 5.75 Å². The molecule has 5 rings (SSSR count). The van der Waals surface area contributed by atoms with Gasteiger partial charge in [-0.15, -0.1) is 17.5 Å². The third-order valence-electron chi connectivity index (χ3n) is 6.46. The van der Waals surface area contributed by atoms with Crippen molar-refractivity contribution in [2.24, 2.45) is 5.73 Å². The van der Waals surface area contributed by atoms with Gasteiger partial charge in [0.05, 0.1) is 12.6 Å². The highest BCUT2D eigenvalue weighted by Crippen LogP contribution is 2.30. The summed E-state index contributed by atoms with van der Waals surface area (Å²) in [6.45, 7) is 6.76. The van der Waals surface area contributed by atoms with E-state index in [-0.39, 0.29) is 18.3 Å². The number of para-hydroxylation sites is 1. The normalized spacial score (nSPS) is 15.8. The molecule has 4 N–H and O–H groups in total. The molecule has 2 aromatic heterocycles. The quantitative estimate of drug-likeness (QED) is 0.300. The molecule has 2 aromatic carbocycles. The second-order valence-corrected chi connectivity index (χ2v) is 9.87. The first kappa shape index (κ1) is 27.2. The van der Waals surface area contributed by atoms with Crippen molar-refractivity contribution in [3.8, 4) is 17.1 Å². The highest BCUT2D eigenvalue weighted by Gasteiger charge is 2.36. The zero-order valence-corrected chi connectivity index (χ0v) is 23.1. The lowest BCUT2D eigenvalue weighted by molar-refractivity contribution is -0.126. The second kappa shape index (κ2) is 11.3. The summed E-state index contributed by atoms with van der Waals surface area (Å²) in [6, 6.07) is 13.2. The molecule has 0 spiro atoms. The van der Waals surface area contributed by atoms with Crippen LogP contribution in [0.4, 0.5) is 0 Å². The van der Waals surface area contributed by atoms with Crippen LogP contribution >= 0.6 is 28.3 Å². The fourth-order valence-electron chi connectivity index (χ4n) is 4.34. The number of halogens is 2. The minimum atomic E-state index is -1.45. The second-order valence-electron chi connectivity index (χ2n) is 9.02. The summed E-state index contributed by atoms with van der Waals surface area (Å²) in [7, 11) is 1.62. The van der Waals surface area contributed by atoms with Gasteiger partial charge in [0.1, 0.15) is 5.75 Å². The third-order valence-corrected chi connectivity index (χ3v) is 7.10. The molecular formula is C25H30BrClN8O2. The monoisotopic (exact) mass is 588 g/mol. The number of carbonyl (C=O) groups excluding carboxylic acids is 1. The van der Waals surface area contributed by atoms with Gasteiger partial charge in [-0.3, -0.25) is 9.69 Å². The van der Waals surface area contributed by atoms with E-state index in [4.69, 9.17) is 25.5 Å². The summed E-state index contributed by atoms with van der Waals surface area (Å²) >= 11 is 3.59. The molecule has 1 aliphatic heterocycles. The van der Waals surface area contributed by atoms with Crippen LogP contribution in [0.25, 0.3) is 27.9 Å². The molecule has 0 radical (unpaired) electrons. The lowest BCUT2D eigenvalue weighted by Gasteiger charge is -2.28. The molecule has 0 aliphatic carbocycles. The van der Waals surface area contributed by atoms with E-state index in [2.05, 4.69) is 31.5 Å². The van der Waals surface area contributed by atoms with E-state index in [0.29, 0.717) is 29.4 Å². The SMILES string of the molecule is COc1ccc(-c2nc3c4cccc(Br)c4nc([C@](C)(N)C(=O)NCCN4CCNCC4)n3n2)cc1.Cl. The standard InChI is InChI=1S/C25H29BrN8O2.ClH/c1-25(27,24(35)29-12-15-33-13-10-28-11-14-33)23-30-20-18(4-3-5-19(20)26)22-31-21(32-34(22)23)16-6-8-17(36-2)9-7-16;/h3-9,28H,10-15,27H2,1-2H3,(H,29,35);1H/t25-;/m0./s1. The number of ether oxygens (including phenoxy) is 1. The molecule has 1 aliphatic rings. The molecule has 0 saturated carbocycles. The van der Waals surface area contributed by atoms with Gasteiger partial charge in [-0.25, -0.2) is 9.97 Å². The first-order valence-electron chi connectivity index (χ1n) is 11.9. The Bertz CT molecular complexity index is 1400. The maximum absolute atomic E-state index is 13.3. The molecule has 4 aromatic rings. The number of hydrogen-bond acceptors (Lipinski definition) is 8. The van der Waals surface area contributed by atoms with Crippen LogP contribution in [0.2, 0.25) is 0 Å². The molecule has 1 atom stereocenters. The van der Waals surface area contributed by atoms with E-state index in [1.807, 2.05) is 42.5 Å². The van der Waals surface area contributed by atoms with Gasteiger partial charge >= 0.3 is 0 Å². The van der Waals surface area contributed by atoms with Gasteiger partial charge < -0.3 is 21.1 Å². The average Bonchev–Trinajstić information content (AvgIpc) is 3.35.